The number of aryl methyl sites for hydroxylation is 1. The van der Waals surface area contributed by atoms with E-state index in [1.165, 1.54) is 0 Å². The zero-order valence-electron chi connectivity index (χ0n) is 8.86. The lowest BCUT2D eigenvalue weighted by Crippen LogP contribution is -2.18. The van der Waals surface area contributed by atoms with Gasteiger partial charge in [-0.15, -0.1) is 0 Å². The Kier molecular flexibility index (Phi) is 4.78. The lowest BCUT2D eigenvalue weighted by atomic mass is 10.4. The number of nitrogens with two attached hydrogens (primary N) is 1. The molecule has 0 saturated carbocycles. The molecule has 1 rings (SSSR count). The van der Waals surface area contributed by atoms with E-state index in [1.54, 1.807) is 6.07 Å². The minimum absolute atomic E-state index is 0.179. The van der Waals surface area contributed by atoms with Gasteiger partial charge in [0, 0.05) is 12.5 Å². The molecule has 0 atom stereocenters. The summed E-state index contributed by atoms with van der Waals surface area (Å²) in [6.45, 7) is 2.53. The van der Waals surface area contributed by atoms with Crippen LogP contribution in [0.4, 0.5) is 10.6 Å². The predicted octanol–water partition coefficient (Wildman–Crippen LogP) is 1.20. The van der Waals surface area contributed by atoms with Crippen molar-refractivity contribution in [3.05, 3.63) is 17.0 Å². The van der Waals surface area contributed by atoms with Crippen molar-refractivity contribution in [2.45, 2.75) is 13.3 Å². The fraction of sp³-hybridized carbons (Fsp3) is 0.444. The third kappa shape index (κ3) is 4.31. The zero-order chi connectivity index (χ0) is 12.0. The topological polar surface area (TPSA) is 90.1 Å². The van der Waals surface area contributed by atoms with Crippen LogP contribution in [-0.2, 0) is 11.2 Å². The quantitative estimate of drug-likeness (QED) is 0.600. The zero-order valence-corrected chi connectivity index (χ0v) is 9.62. The molecule has 16 heavy (non-hydrogen) atoms. The van der Waals surface area contributed by atoms with E-state index in [4.69, 9.17) is 17.3 Å². The van der Waals surface area contributed by atoms with E-state index >= 15 is 0 Å². The SMILES string of the molecule is CCc1nc(Cl)cc(NCCOC(N)=O)n1. The Labute approximate surface area is 98.2 Å². The van der Waals surface area contributed by atoms with E-state index in [1.807, 2.05) is 6.92 Å². The van der Waals surface area contributed by atoms with Gasteiger partial charge in [-0.25, -0.2) is 14.8 Å². The largest absolute Gasteiger partial charge is 0.448 e. The Bertz CT molecular complexity index is 373. The molecule has 1 aromatic rings. The van der Waals surface area contributed by atoms with Crippen LogP contribution in [0.5, 0.6) is 0 Å². The van der Waals surface area contributed by atoms with Crippen LogP contribution in [0.25, 0.3) is 0 Å². The summed E-state index contributed by atoms with van der Waals surface area (Å²) in [5, 5.41) is 3.33. The van der Waals surface area contributed by atoms with Crippen LogP contribution < -0.4 is 11.1 Å². The number of hydrogen-bond acceptors (Lipinski definition) is 5. The lowest BCUT2D eigenvalue weighted by Gasteiger charge is -2.06. The van der Waals surface area contributed by atoms with Crippen LogP contribution in [0.1, 0.15) is 12.7 Å². The van der Waals surface area contributed by atoms with Gasteiger partial charge in [0.05, 0.1) is 6.54 Å². The van der Waals surface area contributed by atoms with Gasteiger partial charge < -0.3 is 15.8 Å². The summed E-state index contributed by atoms with van der Waals surface area (Å²) in [7, 11) is 0. The fourth-order valence-electron chi connectivity index (χ4n) is 1.04. The molecule has 0 aromatic carbocycles. The Balaban J connectivity index is 2.47. The van der Waals surface area contributed by atoms with Crippen molar-refractivity contribution in [2.24, 2.45) is 5.73 Å². The van der Waals surface area contributed by atoms with Gasteiger partial charge >= 0.3 is 6.09 Å². The van der Waals surface area contributed by atoms with Crippen molar-refractivity contribution < 1.29 is 9.53 Å². The highest BCUT2D eigenvalue weighted by Crippen LogP contribution is 2.11. The highest BCUT2D eigenvalue weighted by molar-refractivity contribution is 6.29. The second-order valence-electron chi connectivity index (χ2n) is 2.94. The van der Waals surface area contributed by atoms with Gasteiger partial charge in [0.1, 0.15) is 23.4 Å². The smallest absolute Gasteiger partial charge is 0.404 e. The Hall–Kier alpha value is -1.56. The number of anilines is 1. The second-order valence-corrected chi connectivity index (χ2v) is 3.33. The molecule has 0 aliphatic heterocycles. The molecule has 6 nitrogen and oxygen atoms in total. The van der Waals surface area contributed by atoms with Crippen LogP contribution in [0.15, 0.2) is 6.07 Å². The van der Waals surface area contributed by atoms with Gasteiger partial charge in [-0.2, -0.15) is 0 Å². The standard InChI is InChI=1S/C9H13ClN4O2/c1-2-7-13-6(10)5-8(14-7)12-3-4-16-9(11)15/h5H,2-4H2,1H3,(H2,11,15)(H,12,13,14). The molecular formula is C9H13ClN4O2. The third-order valence-electron chi connectivity index (χ3n) is 1.71. The summed E-state index contributed by atoms with van der Waals surface area (Å²) < 4.78 is 4.55. The highest BCUT2D eigenvalue weighted by Gasteiger charge is 2.01. The summed E-state index contributed by atoms with van der Waals surface area (Å²) in [5.41, 5.74) is 4.81. The monoisotopic (exact) mass is 244 g/mol. The van der Waals surface area contributed by atoms with Gasteiger partial charge in [0.25, 0.3) is 0 Å². The van der Waals surface area contributed by atoms with E-state index in [9.17, 15) is 4.79 Å². The average Bonchev–Trinajstić information content (AvgIpc) is 2.23. The number of carbonyl (C=O) groups is 1. The first kappa shape index (κ1) is 12.5. The number of nitrogens with one attached hydrogen (secondary N) is 1. The van der Waals surface area contributed by atoms with Crippen molar-refractivity contribution in [2.75, 3.05) is 18.5 Å². The lowest BCUT2D eigenvalue weighted by molar-refractivity contribution is 0.161. The van der Waals surface area contributed by atoms with Crippen LogP contribution in [0.2, 0.25) is 5.15 Å². The van der Waals surface area contributed by atoms with Gasteiger partial charge in [0.15, 0.2) is 0 Å². The number of nitrogens with zero attached hydrogens (tertiary/aromatic N) is 2. The summed E-state index contributed by atoms with van der Waals surface area (Å²) in [6, 6.07) is 1.60. The maximum Gasteiger partial charge on any atom is 0.404 e. The van der Waals surface area contributed by atoms with Crippen molar-refractivity contribution >= 4 is 23.5 Å². The molecule has 0 aliphatic carbocycles. The minimum Gasteiger partial charge on any atom is -0.448 e. The molecule has 0 spiro atoms. The third-order valence-corrected chi connectivity index (χ3v) is 1.90. The number of aromatic nitrogens is 2. The fourth-order valence-corrected chi connectivity index (χ4v) is 1.25. The maximum absolute atomic E-state index is 10.3. The minimum atomic E-state index is -0.795. The normalized spacial score (nSPS) is 9.88. The van der Waals surface area contributed by atoms with Gasteiger partial charge in [-0.05, 0) is 0 Å². The maximum atomic E-state index is 10.3. The van der Waals surface area contributed by atoms with E-state index in [-0.39, 0.29) is 6.61 Å². The molecule has 0 aliphatic rings. The molecule has 88 valence electrons. The first-order valence-electron chi connectivity index (χ1n) is 4.81. The van der Waals surface area contributed by atoms with E-state index in [0.717, 1.165) is 0 Å². The summed E-state index contributed by atoms with van der Waals surface area (Å²) in [6.07, 6.45) is -0.0932. The summed E-state index contributed by atoms with van der Waals surface area (Å²) in [5.74, 6) is 1.26. The molecule has 1 amide bonds. The van der Waals surface area contributed by atoms with Crippen molar-refractivity contribution in [3.63, 3.8) is 0 Å². The Morgan fingerprint density at radius 3 is 3.00 bits per heavy atom. The Morgan fingerprint density at radius 2 is 2.38 bits per heavy atom. The number of hydrogen-bond donors (Lipinski definition) is 2. The van der Waals surface area contributed by atoms with Crippen LogP contribution in [0.3, 0.4) is 0 Å². The van der Waals surface area contributed by atoms with Crippen LogP contribution in [-0.4, -0.2) is 29.2 Å². The molecular weight excluding hydrogens is 232 g/mol. The molecule has 0 radical (unpaired) electrons. The summed E-state index contributed by atoms with van der Waals surface area (Å²) in [4.78, 5) is 18.5. The van der Waals surface area contributed by atoms with Gasteiger partial charge in [-0.3, -0.25) is 0 Å². The number of halogens is 1. The number of ether oxygens (including phenoxy) is 1. The molecule has 0 saturated heterocycles. The van der Waals surface area contributed by atoms with E-state index in [0.29, 0.717) is 29.8 Å². The van der Waals surface area contributed by atoms with Gasteiger partial charge in [0.2, 0.25) is 0 Å². The molecule has 0 unspecified atom stereocenters. The molecule has 1 aromatic heterocycles. The number of primary amides is 1. The van der Waals surface area contributed by atoms with Gasteiger partial charge in [-0.1, -0.05) is 18.5 Å². The van der Waals surface area contributed by atoms with E-state index < -0.39 is 6.09 Å². The first-order chi connectivity index (χ1) is 7.61. The molecule has 7 heteroatoms. The number of carbonyl (C=O) groups excluding carboxylic acids is 1. The number of amides is 1. The Morgan fingerprint density at radius 1 is 1.62 bits per heavy atom. The van der Waals surface area contributed by atoms with E-state index in [2.05, 4.69) is 20.0 Å². The molecule has 3 N–H and O–H groups in total. The predicted molar refractivity (Wildman–Crippen MR) is 60.4 cm³/mol. The van der Waals surface area contributed by atoms with Crippen molar-refractivity contribution in [1.82, 2.24) is 9.97 Å². The van der Waals surface area contributed by atoms with Crippen LogP contribution >= 0.6 is 11.6 Å². The average molecular weight is 245 g/mol. The summed E-state index contributed by atoms with van der Waals surface area (Å²) >= 11 is 5.80. The van der Waals surface area contributed by atoms with Crippen molar-refractivity contribution in [3.8, 4) is 0 Å². The molecule has 0 fully saturated rings. The second kappa shape index (κ2) is 6.12. The molecule has 0 bridgehead atoms. The first-order valence-corrected chi connectivity index (χ1v) is 5.19. The molecule has 1 heterocycles. The van der Waals surface area contributed by atoms with Crippen molar-refractivity contribution in [1.29, 1.82) is 0 Å². The highest BCUT2D eigenvalue weighted by atomic mass is 35.5. The number of rotatable bonds is 5. The van der Waals surface area contributed by atoms with Crippen LogP contribution in [0, 0.1) is 0 Å².